The van der Waals surface area contributed by atoms with Crippen LogP contribution >= 0.6 is 0 Å². The van der Waals surface area contributed by atoms with E-state index in [4.69, 9.17) is 5.11 Å². The third kappa shape index (κ3) is 2.05. The molecule has 92 valence electrons. The molecular formula is C13H18N2O2. The molecule has 2 rings (SSSR count). The summed E-state index contributed by atoms with van der Waals surface area (Å²) >= 11 is 0. The van der Waals surface area contributed by atoms with Crippen LogP contribution in [0.2, 0.25) is 0 Å². The normalized spacial score (nSPS) is 19.7. The summed E-state index contributed by atoms with van der Waals surface area (Å²) in [5.41, 5.74) is 1.68. The van der Waals surface area contributed by atoms with Gasteiger partial charge in [0.2, 0.25) is 0 Å². The number of fused-ring (bicyclic) bond motifs is 1. The van der Waals surface area contributed by atoms with Gasteiger partial charge in [-0.15, -0.1) is 0 Å². The number of hydrogen-bond donors (Lipinski definition) is 1. The quantitative estimate of drug-likeness (QED) is 0.838. The van der Waals surface area contributed by atoms with Gasteiger partial charge in [0.15, 0.2) is 5.78 Å². The molecule has 1 atom stereocenters. The maximum Gasteiger partial charge on any atom is 0.159 e. The van der Waals surface area contributed by atoms with Gasteiger partial charge in [-0.2, -0.15) is 0 Å². The summed E-state index contributed by atoms with van der Waals surface area (Å²) in [6.07, 6.45) is 2.09. The highest BCUT2D eigenvalue weighted by molar-refractivity contribution is 5.92. The molecule has 1 aliphatic heterocycles. The summed E-state index contributed by atoms with van der Waals surface area (Å²) in [7, 11) is 0. The molecule has 0 saturated heterocycles. The Morgan fingerprint density at radius 1 is 1.59 bits per heavy atom. The Morgan fingerprint density at radius 2 is 2.29 bits per heavy atom. The zero-order valence-corrected chi connectivity index (χ0v) is 10.5. The number of rotatable bonds is 2. The molecule has 4 nitrogen and oxygen atoms in total. The average molecular weight is 234 g/mol. The standard InChI is InChI=1S/C13H18N2O2/c1-8(2)15-9(3)12(17)5-11-4-10(7-16)6-14-13(11)15/h4,6,8-9,16H,5,7H2,1-3H3/t9-/m0/s1. The van der Waals surface area contributed by atoms with Crippen molar-refractivity contribution in [2.24, 2.45) is 0 Å². The van der Waals surface area contributed by atoms with Gasteiger partial charge in [0, 0.05) is 24.2 Å². The predicted octanol–water partition coefficient (Wildman–Crippen LogP) is 1.30. The van der Waals surface area contributed by atoms with Crippen LogP contribution in [0.3, 0.4) is 0 Å². The number of aliphatic hydroxyl groups excluding tert-OH is 1. The van der Waals surface area contributed by atoms with Crippen LogP contribution in [0.1, 0.15) is 31.9 Å². The first-order valence-electron chi connectivity index (χ1n) is 5.94. The lowest BCUT2D eigenvalue weighted by molar-refractivity contribution is -0.119. The van der Waals surface area contributed by atoms with Crippen LogP contribution in [0.4, 0.5) is 5.82 Å². The van der Waals surface area contributed by atoms with Crippen molar-refractivity contribution in [1.82, 2.24) is 4.98 Å². The van der Waals surface area contributed by atoms with Gasteiger partial charge in [0.05, 0.1) is 12.6 Å². The van der Waals surface area contributed by atoms with Gasteiger partial charge in [-0.1, -0.05) is 0 Å². The topological polar surface area (TPSA) is 53.4 Å². The number of anilines is 1. The first-order valence-corrected chi connectivity index (χ1v) is 5.94. The first kappa shape index (κ1) is 12.0. The van der Waals surface area contributed by atoms with E-state index >= 15 is 0 Å². The van der Waals surface area contributed by atoms with Crippen molar-refractivity contribution in [3.05, 3.63) is 23.4 Å². The number of aliphatic hydroxyl groups is 1. The maximum atomic E-state index is 11.9. The molecule has 1 aromatic heterocycles. The van der Waals surface area contributed by atoms with Crippen molar-refractivity contribution < 1.29 is 9.90 Å². The Balaban J connectivity index is 2.49. The van der Waals surface area contributed by atoms with Crippen LogP contribution in [0.5, 0.6) is 0 Å². The molecular weight excluding hydrogens is 216 g/mol. The molecule has 17 heavy (non-hydrogen) atoms. The lowest BCUT2D eigenvalue weighted by Gasteiger charge is -2.38. The minimum atomic E-state index is -0.116. The fourth-order valence-electron chi connectivity index (χ4n) is 2.37. The second kappa shape index (κ2) is 4.45. The summed E-state index contributed by atoms with van der Waals surface area (Å²) in [4.78, 5) is 18.4. The number of carbonyl (C=O) groups excluding carboxylic acids is 1. The van der Waals surface area contributed by atoms with Crippen molar-refractivity contribution in [2.45, 2.75) is 45.9 Å². The number of Topliss-reactive ketones (excluding diaryl/α,β-unsaturated/α-hetero) is 1. The van der Waals surface area contributed by atoms with E-state index in [2.05, 4.69) is 18.8 Å². The van der Waals surface area contributed by atoms with Crippen molar-refractivity contribution in [2.75, 3.05) is 4.90 Å². The summed E-state index contributed by atoms with van der Waals surface area (Å²) in [6.45, 7) is 6.00. The molecule has 0 amide bonds. The smallest absolute Gasteiger partial charge is 0.159 e. The van der Waals surface area contributed by atoms with Crippen LogP contribution in [-0.4, -0.2) is 28.0 Å². The Hall–Kier alpha value is -1.42. The van der Waals surface area contributed by atoms with E-state index in [0.29, 0.717) is 6.42 Å². The summed E-state index contributed by atoms with van der Waals surface area (Å²) in [5, 5.41) is 9.09. The van der Waals surface area contributed by atoms with Crippen LogP contribution < -0.4 is 4.90 Å². The van der Waals surface area contributed by atoms with E-state index in [9.17, 15) is 4.79 Å². The van der Waals surface area contributed by atoms with Gasteiger partial charge in [-0.25, -0.2) is 4.98 Å². The molecule has 0 aliphatic carbocycles. The highest BCUT2D eigenvalue weighted by atomic mass is 16.3. The molecule has 0 unspecified atom stereocenters. The van der Waals surface area contributed by atoms with E-state index < -0.39 is 0 Å². The Kier molecular flexibility index (Phi) is 3.15. The lowest BCUT2D eigenvalue weighted by Crippen LogP contribution is -2.48. The highest BCUT2D eigenvalue weighted by Crippen LogP contribution is 2.29. The minimum absolute atomic E-state index is 0.0360. The number of hydrogen-bond acceptors (Lipinski definition) is 4. The SMILES string of the molecule is CC(C)N1c2ncc(CO)cc2CC(=O)[C@@H]1C. The van der Waals surface area contributed by atoms with E-state index in [1.165, 1.54) is 0 Å². The molecule has 2 heterocycles. The van der Waals surface area contributed by atoms with Crippen LogP contribution in [-0.2, 0) is 17.8 Å². The largest absolute Gasteiger partial charge is 0.392 e. The Labute approximate surface area is 101 Å². The van der Waals surface area contributed by atoms with Crippen molar-refractivity contribution in [3.8, 4) is 0 Å². The Bertz CT molecular complexity index is 443. The molecule has 0 aromatic carbocycles. The third-order valence-electron chi connectivity index (χ3n) is 3.23. The average Bonchev–Trinajstić information content (AvgIpc) is 2.29. The Morgan fingerprint density at radius 3 is 2.88 bits per heavy atom. The fourth-order valence-corrected chi connectivity index (χ4v) is 2.37. The molecule has 1 aliphatic rings. The van der Waals surface area contributed by atoms with Crippen LogP contribution in [0, 0.1) is 0 Å². The number of carbonyl (C=O) groups is 1. The summed E-state index contributed by atoms with van der Waals surface area (Å²) in [6, 6.07) is 2.00. The molecule has 0 fully saturated rings. The molecule has 1 N–H and O–H groups in total. The van der Waals surface area contributed by atoms with Gasteiger partial charge >= 0.3 is 0 Å². The summed E-state index contributed by atoms with van der Waals surface area (Å²) < 4.78 is 0. The fraction of sp³-hybridized carbons (Fsp3) is 0.538. The third-order valence-corrected chi connectivity index (χ3v) is 3.23. The van der Waals surface area contributed by atoms with Gasteiger partial charge in [-0.3, -0.25) is 4.79 Å². The van der Waals surface area contributed by atoms with Crippen LogP contribution in [0.25, 0.3) is 0 Å². The van der Waals surface area contributed by atoms with E-state index in [1.807, 2.05) is 17.9 Å². The minimum Gasteiger partial charge on any atom is -0.392 e. The van der Waals surface area contributed by atoms with Gasteiger partial charge in [-0.05, 0) is 32.4 Å². The lowest BCUT2D eigenvalue weighted by atomic mass is 9.96. The zero-order chi connectivity index (χ0) is 12.6. The van der Waals surface area contributed by atoms with Crippen LogP contribution in [0.15, 0.2) is 12.3 Å². The van der Waals surface area contributed by atoms with Crippen molar-refractivity contribution >= 4 is 11.6 Å². The van der Waals surface area contributed by atoms with E-state index in [0.717, 1.165) is 16.9 Å². The maximum absolute atomic E-state index is 11.9. The molecule has 0 radical (unpaired) electrons. The molecule has 0 bridgehead atoms. The molecule has 0 spiro atoms. The second-order valence-electron chi connectivity index (χ2n) is 4.80. The number of ketones is 1. The number of nitrogens with zero attached hydrogens (tertiary/aromatic N) is 2. The molecule has 0 saturated carbocycles. The predicted molar refractivity (Wildman–Crippen MR) is 65.9 cm³/mol. The highest BCUT2D eigenvalue weighted by Gasteiger charge is 2.32. The summed E-state index contributed by atoms with van der Waals surface area (Å²) in [5.74, 6) is 1.09. The van der Waals surface area contributed by atoms with Gasteiger partial charge in [0.25, 0.3) is 0 Å². The number of pyridine rings is 1. The van der Waals surface area contributed by atoms with Crippen molar-refractivity contribution in [3.63, 3.8) is 0 Å². The van der Waals surface area contributed by atoms with E-state index in [-0.39, 0.29) is 24.5 Å². The van der Waals surface area contributed by atoms with E-state index in [1.54, 1.807) is 6.20 Å². The van der Waals surface area contributed by atoms with Gasteiger partial charge < -0.3 is 10.0 Å². The molecule has 4 heteroatoms. The zero-order valence-electron chi connectivity index (χ0n) is 10.5. The number of aromatic nitrogens is 1. The second-order valence-corrected chi connectivity index (χ2v) is 4.80. The molecule has 1 aromatic rings. The van der Waals surface area contributed by atoms with Gasteiger partial charge in [0.1, 0.15) is 5.82 Å². The monoisotopic (exact) mass is 234 g/mol. The van der Waals surface area contributed by atoms with Crippen molar-refractivity contribution in [1.29, 1.82) is 0 Å². The first-order chi connectivity index (χ1) is 8.04.